The number of hydrogen-bond donors (Lipinski definition) is 1. The highest BCUT2D eigenvalue weighted by Gasteiger charge is 2.58. The van der Waals surface area contributed by atoms with Gasteiger partial charge in [0.05, 0.1) is 0 Å². The molecule has 4 nitrogen and oxygen atoms in total. The molecule has 7 heteroatoms. The number of carbonyl (C=O) groups is 2. The number of amides is 3. The van der Waals surface area contributed by atoms with Crippen molar-refractivity contribution in [3.05, 3.63) is 24.3 Å². The predicted octanol–water partition coefficient (Wildman–Crippen LogP) is 2.77. The fourth-order valence-corrected chi connectivity index (χ4v) is 3.77. The SMILES string of the molecule is O=C1NC2(CCCCC3C=CC=CC32)C(=O)N1CC(F)(F)F. The smallest absolute Gasteiger partial charge is 0.322 e. The zero-order valence-corrected chi connectivity index (χ0v) is 11.9. The summed E-state index contributed by atoms with van der Waals surface area (Å²) in [6.07, 6.45) is 5.75. The molecule has 3 rings (SSSR count). The molecule has 1 heterocycles. The Bertz CT molecular complexity index is 555. The Morgan fingerprint density at radius 1 is 1.23 bits per heavy atom. The minimum Gasteiger partial charge on any atom is -0.322 e. The molecule has 1 saturated heterocycles. The number of fused-ring (bicyclic) bond motifs is 2. The number of carbonyl (C=O) groups excluding carboxylic acids is 2. The predicted molar refractivity (Wildman–Crippen MR) is 72.8 cm³/mol. The molecule has 3 unspecified atom stereocenters. The molecule has 0 aromatic rings. The highest BCUT2D eigenvalue weighted by molar-refractivity contribution is 6.07. The van der Waals surface area contributed by atoms with E-state index in [-0.39, 0.29) is 11.8 Å². The molecule has 1 saturated carbocycles. The highest BCUT2D eigenvalue weighted by atomic mass is 19.4. The quantitative estimate of drug-likeness (QED) is 0.757. The van der Waals surface area contributed by atoms with Crippen LogP contribution in [0.5, 0.6) is 0 Å². The van der Waals surface area contributed by atoms with E-state index < -0.39 is 30.2 Å². The van der Waals surface area contributed by atoms with Gasteiger partial charge in [0.1, 0.15) is 12.1 Å². The molecule has 2 fully saturated rings. The molecule has 22 heavy (non-hydrogen) atoms. The van der Waals surface area contributed by atoms with E-state index >= 15 is 0 Å². The second-order valence-corrected chi connectivity index (χ2v) is 6.11. The number of allylic oxidation sites excluding steroid dienone is 3. The number of urea groups is 1. The maximum atomic E-state index is 12.7. The molecule has 120 valence electrons. The van der Waals surface area contributed by atoms with Crippen molar-refractivity contribution in [3.63, 3.8) is 0 Å². The van der Waals surface area contributed by atoms with Gasteiger partial charge in [-0.1, -0.05) is 37.1 Å². The van der Waals surface area contributed by atoms with Crippen LogP contribution >= 0.6 is 0 Å². The molecule has 1 spiro atoms. The normalized spacial score (nSPS) is 34.8. The molecule has 2 aliphatic carbocycles. The largest absolute Gasteiger partial charge is 0.406 e. The Labute approximate surface area is 126 Å². The van der Waals surface area contributed by atoms with E-state index in [1.54, 1.807) is 6.08 Å². The van der Waals surface area contributed by atoms with E-state index in [1.165, 1.54) is 0 Å². The molecular weight excluding hydrogens is 297 g/mol. The fraction of sp³-hybridized carbons (Fsp3) is 0.600. The van der Waals surface area contributed by atoms with Gasteiger partial charge >= 0.3 is 12.2 Å². The van der Waals surface area contributed by atoms with Crippen LogP contribution in [0.4, 0.5) is 18.0 Å². The lowest BCUT2D eigenvalue weighted by Gasteiger charge is -2.36. The van der Waals surface area contributed by atoms with Crippen LogP contribution in [-0.2, 0) is 4.79 Å². The van der Waals surface area contributed by atoms with Crippen LogP contribution in [-0.4, -0.2) is 35.1 Å². The lowest BCUT2D eigenvalue weighted by Crippen LogP contribution is -2.54. The number of nitrogens with zero attached hydrogens (tertiary/aromatic N) is 1. The summed E-state index contributed by atoms with van der Waals surface area (Å²) in [7, 11) is 0. The zero-order valence-electron chi connectivity index (χ0n) is 11.9. The molecule has 1 N–H and O–H groups in total. The summed E-state index contributed by atoms with van der Waals surface area (Å²) < 4.78 is 37.9. The molecule has 3 atom stereocenters. The zero-order chi connectivity index (χ0) is 16.0. The van der Waals surface area contributed by atoms with E-state index in [4.69, 9.17) is 0 Å². The highest BCUT2D eigenvalue weighted by Crippen LogP contribution is 2.43. The summed E-state index contributed by atoms with van der Waals surface area (Å²) in [4.78, 5) is 25.0. The van der Waals surface area contributed by atoms with Gasteiger partial charge in [0.25, 0.3) is 5.91 Å². The van der Waals surface area contributed by atoms with Crippen molar-refractivity contribution in [2.75, 3.05) is 6.54 Å². The van der Waals surface area contributed by atoms with E-state index in [1.807, 2.05) is 18.2 Å². The molecule has 1 aliphatic heterocycles. The Kier molecular flexibility index (Phi) is 3.53. The summed E-state index contributed by atoms with van der Waals surface area (Å²) in [6, 6.07) is -0.939. The van der Waals surface area contributed by atoms with Gasteiger partial charge in [-0.15, -0.1) is 0 Å². The number of halogens is 3. The number of alkyl halides is 3. The molecular formula is C15H17F3N2O2. The number of imide groups is 1. The van der Waals surface area contributed by atoms with E-state index in [9.17, 15) is 22.8 Å². The van der Waals surface area contributed by atoms with E-state index in [2.05, 4.69) is 5.32 Å². The van der Waals surface area contributed by atoms with Crippen LogP contribution in [0.3, 0.4) is 0 Å². The molecule has 3 aliphatic rings. The number of hydrogen-bond acceptors (Lipinski definition) is 2. The Morgan fingerprint density at radius 3 is 2.68 bits per heavy atom. The first-order chi connectivity index (χ1) is 10.3. The molecule has 0 aromatic carbocycles. The molecule has 3 amide bonds. The van der Waals surface area contributed by atoms with Crippen LogP contribution in [0.1, 0.15) is 25.7 Å². The van der Waals surface area contributed by atoms with E-state index in [0.717, 1.165) is 12.8 Å². The molecule has 0 bridgehead atoms. The van der Waals surface area contributed by atoms with Gasteiger partial charge in [0.2, 0.25) is 0 Å². The summed E-state index contributed by atoms with van der Waals surface area (Å²) in [5.41, 5.74) is -1.23. The van der Waals surface area contributed by atoms with Crippen molar-refractivity contribution < 1.29 is 22.8 Å². The molecule has 0 radical (unpaired) electrons. The lowest BCUT2D eigenvalue weighted by molar-refractivity contribution is -0.155. The first kappa shape index (κ1) is 15.1. The molecule has 0 aromatic heterocycles. The lowest BCUT2D eigenvalue weighted by atomic mass is 9.72. The van der Waals surface area contributed by atoms with Crippen molar-refractivity contribution in [2.24, 2.45) is 11.8 Å². The maximum absolute atomic E-state index is 12.7. The van der Waals surface area contributed by atoms with Crippen LogP contribution in [0, 0.1) is 11.8 Å². The van der Waals surface area contributed by atoms with Crippen molar-refractivity contribution >= 4 is 11.9 Å². The third-order valence-corrected chi connectivity index (χ3v) is 4.72. The van der Waals surface area contributed by atoms with Crippen molar-refractivity contribution in [1.82, 2.24) is 10.2 Å². The third-order valence-electron chi connectivity index (χ3n) is 4.72. The minimum atomic E-state index is -4.59. The summed E-state index contributed by atoms with van der Waals surface area (Å²) in [5.74, 6) is -0.955. The second kappa shape index (κ2) is 5.14. The van der Waals surface area contributed by atoms with Crippen molar-refractivity contribution in [2.45, 2.75) is 37.4 Å². The summed E-state index contributed by atoms with van der Waals surface area (Å²) in [5, 5.41) is 2.58. The minimum absolute atomic E-state index is 0.0718. The van der Waals surface area contributed by atoms with Gasteiger partial charge in [-0.25, -0.2) is 4.79 Å². The first-order valence-electron chi connectivity index (χ1n) is 7.39. The maximum Gasteiger partial charge on any atom is 0.406 e. The van der Waals surface area contributed by atoms with Gasteiger partial charge in [-0.2, -0.15) is 13.2 Å². The number of nitrogens with one attached hydrogen (secondary N) is 1. The monoisotopic (exact) mass is 314 g/mol. The average molecular weight is 314 g/mol. The van der Waals surface area contributed by atoms with Gasteiger partial charge in [0, 0.05) is 5.92 Å². The Balaban J connectivity index is 1.94. The topological polar surface area (TPSA) is 49.4 Å². The summed E-state index contributed by atoms with van der Waals surface area (Å²) >= 11 is 0. The van der Waals surface area contributed by atoms with Gasteiger partial charge in [-0.05, 0) is 18.8 Å². The third kappa shape index (κ3) is 2.42. The Hall–Kier alpha value is -1.79. The van der Waals surface area contributed by atoms with Crippen molar-refractivity contribution in [1.29, 1.82) is 0 Å². The number of rotatable bonds is 1. The van der Waals surface area contributed by atoms with Gasteiger partial charge < -0.3 is 5.32 Å². The Morgan fingerprint density at radius 2 is 1.95 bits per heavy atom. The van der Waals surface area contributed by atoms with Crippen LogP contribution in [0.15, 0.2) is 24.3 Å². The van der Waals surface area contributed by atoms with Crippen LogP contribution in [0.25, 0.3) is 0 Å². The second-order valence-electron chi connectivity index (χ2n) is 6.11. The van der Waals surface area contributed by atoms with Crippen LogP contribution < -0.4 is 5.32 Å². The standard InChI is InChI=1S/C15H17F3N2O2/c16-15(17,18)9-20-12(21)14(19-13(20)22)8-4-3-6-10-5-1-2-7-11(10)14/h1-2,5,7,10-11H,3-4,6,8-9H2,(H,19,22). The first-order valence-corrected chi connectivity index (χ1v) is 7.39. The summed E-state index contributed by atoms with van der Waals surface area (Å²) in [6.45, 7) is -1.53. The van der Waals surface area contributed by atoms with E-state index in [0.29, 0.717) is 17.7 Å². The fourth-order valence-electron chi connectivity index (χ4n) is 3.77. The van der Waals surface area contributed by atoms with Gasteiger partial charge in [-0.3, -0.25) is 9.69 Å². The van der Waals surface area contributed by atoms with Crippen LogP contribution in [0.2, 0.25) is 0 Å². The van der Waals surface area contributed by atoms with Gasteiger partial charge in [0.15, 0.2) is 0 Å². The average Bonchev–Trinajstić information content (AvgIpc) is 2.62. The van der Waals surface area contributed by atoms with Crippen molar-refractivity contribution in [3.8, 4) is 0 Å².